The van der Waals surface area contributed by atoms with Crippen molar-refractivity contribution in [2.24, 2.45) is 0 Å². The highest BCUT2D eigenvalue weighted by molar-refractivity contribution is 5.03. The number of imidazole rings is 1. The van der Waals surface area contributed by atoms with E-state index in [0.29, 0.717) is 0 Å². The van der Waals surface area contributed by atoms with Crippen LogP contribution in [-0.4, -0.2) is 51.4 Å². The van der Waals surface area contributed by atoms with Gasteiger partial charge in [0.05, 0.1) is 11.7 Å². The van der Waals surface area contributed by atoms with Crippen LogP contribution >= 0.6 is 0 Å². The first-order valence-corrected chi connectivity index (χ1v) is 8.79. The first-order chi connectivity index (χ1) is 10.7. The number of H-pyrrole nitrogens is 1. The zero-order valence-electron chi connectivity index (χ0n) is 13.7. The Morgan fingerprint density at radius 2 is 2.27 bits per heavy atom. The lowest BCUT2D eigenvalue weighted by molar-refractivity contribution is -0.177. The van der Waals surface area contributed by atoms with Crippen LogP contribution in [0.3, 0.4) is 0 Å². The molecule has 5 heteroatoms. The molecule has 2 aliphatic heterocycles. The van der Waals surface area contributed by atoms with Crippen molar-refractivity contribution in [2.75, 3.05) is 19.7 Å². The number of ether oxygens (including phenoxy) is 1. The van der Waals surface area contributed by atoms with Crippen molar-refractivity contribution in [3.8, 4) is 0 Å². The van der Waals surface area contributed by atoms with E-state index in [9.17, 15) is 5.11 Å². The standard InChI is InChI=1S/C17H29N3O2/c1-2-3-6-16-18-12-14(19-16)13-20-9-7-17(8-10-20)15(21)5-4-11-22-17/h12,15,21H,2-11,13H2,1H3,(H,18,19). The summed E-state index contributed by atoms with van der Waals surface area (Å²) in [6, 6.07) is 0. The maximum Gasteiger partial charge on any atom is 0.106 e. The monoisotopic (exact) mass is 307 g/mol. The molecule has 2 aliphatic rings. The number of piperidine rings is 1. The number of rotatable bonds is 5. The summed E-state index contributed by atoms with van der Waals surface area (Å²) in [5, 5.41) is 10.3. The summed E-state index contributed by atoms with van der Waals surface area (Å²) in [6.07, 6.45) is 8.87. The first-order valence-electron chi connectivity index (χ1n) is 8.79. The van der Waals surface area contributed by atoms with Crippen molar-refractivity contribution >= 4 is 0 Å². The molecule has 124 valence electrons. The second-order valence-electron chi connectivity index (χ2n) is 6.81. The Morgan fingerprint density at radius 3 is 3.00 bits per heavy atom. The molecule has 22 heavy (non-hydrogen) atoms. The van der Waals surface area contributed by atoms with E-state index in [-0.39, 0.29) is 11.7 Å². The van der Waals surface area contributed by atoms with Gasteiger partial charge in [0, 0.05) is 44.6 Å². The fraction of sp³-hybridized carbons (Fsp3) is 0.824. The summed E-state index contributed by atoms with van der Waals surface area (Å²) in [4.78, 5) is 10.3. The highest BCUT2D eigenvalue weighted by Crippen LogP contribution is 2.35. The maximum atomic E-state index is 10.3. The van der Waals surface area contributed by atoms with Gasteiger partial charge in [0.15, 0.2) is 0 Å². The third-order valence-electron chi connectivity index (χ3n) is 5.16. The van der Waals surface area contributed by atoms with E-state index in [0.717, 1.165) is 64.2 Å². The maximum absolute atomic E-state index is 10.3. The Hall–Kier alpha value is -0.910. The predicted octanol–water partition coefficient (Wildman–Crippen LogP) is 2.26. The fourth-order valence-corrected chi connectivity index (χ4v) is 3.68. The van der Waals surface area contributed by atoms with Crippen molar-refractivity contribution in [1.29, 1.82) is 0 Å². The molecule has 3 rings (SSSR count). The number of nitrogens with one attached hydrogen (secondary N) is 1. The number of aliphatic hydroxyl groups is 1. The van der Waals surface area contributed by atoms with E-state index in [1.54, 1.807) is 0 Å². The number of aromatic amines is 1. The molecule has 1 unspecified atom stereocenters. The second kappa shape index (κ2) is 7.11. The van der Waals surface area contributed by atoms with Gasteiger partial charge >= 0.3 is 0 Å². The van der Waals surface area contributed by atoms with E-state index in [4.69, 9.17) is 4.74 Å². The van der Waals surface area contributed by atoms with Crippen molar-refractivity contribution in [3.05, 3.63) is 17.7 Å². The van der Waals surface area contributed by atoms with Crippen LogP contribution in [0.2, 0.25) is 0 Å². The molecule has 2 N–H and O–H groups in total. The van der Waals surface area contributed by atoms with Crippen LogP contribution in [0.5, 0.6) is 0 Å². The molecule has 0 bridgehead atoms. The zero-order chi connectivity index (χ0) is 15.4. The molecule has 0 saturated carbocycles. The number of aromatic nitrogens is 2. The van der Waals surface area contributed by atoms with E-state index in [1.807, 2.05) is 6.20 Å². The van der Waals surface area contributed by atoms with Crippen LogP contribution in [0.1, 0.15) is 57.0 Å². The van der Waals surface area contributed by atoms with E-state index in [2.05, 4.69) is 21.8 Å². The van der Waals surface area contributed by atoms with Gasteiger partial charge in [-0.05, 0) is 32.1 Å². The zero-order valence-corrected chi connectivity index (χ0v) is 13.7. The molecule has 1 spiro atoms. The first kappa shape index (κ1) is 16.0. The smallest absolute Gasteiger partial charge is 0.106 e. The lowest BCUT2D eigenvalue weighted by Gasteiger charge is -2.46. The summed E-state index contributed by atoms with van der Waals surface area (Å²) < 4.78 is 5.97. The fourth-order valence-electron chi connectivity index (χ4n) is 3.68. The van der Waals surface area contributed by atoms with Gasteiger partial charge in [-0.25, -0.2) is 4.98 Å². The number of hydrogen-bond donors (Lipinski definition) is 2. The molecule has 1 aromatic rings. The molecule has 2 saturated heterocycles. The summed E-state index contributed by atoms with van der Waals surface area (Å²) in [6.45, 7) is 5.90. The summed E-state index contributed by atoms with van der Waals surface area (Å²) in [5.41, 5.74) is 0.932. The highest BCUT2D eigenvalue weighted by Gasteiger charge is 2.43. The van der Waals surface area contributed by atoms with Crippen LogP contribution in [0.25, 0.3) is 0 Å². The number of aliphatic hydroxyl groups excluding tert-OH is 1. The average Bonchev–Trinajstić information content (AvgIpc) is 2.98. The van der Waals surface area contributed by atoms with E-state index < -0.39 is 0 Å². The largest absolute Gasteiger partial charge is 0.390 e. The van der Waals surface area contributed by atoms with E-state index >= 15 is 0 Å². The lowest BCUT2D eigenvalue weighted by atomic mass is 9.82. The Kier molecular flexibility index (Phi) is 5.16. The molecule has 1 atom stereocenters. The van der Waals surface area contributed by atoms with Crippen LogP contribution in [0, 0.1) is 0 Å². The van der Waals surface area contributed by atoms with Gasteiger partial charge in [-0.1, -0.05) is 13.3 Å². The number of unbranched alkanes of at least 4 members (excludes halogenated alkanes) is 1. The molecule has 0 aromatic carbocycles. The molecular weight excluding hydrogens is 278 g/mol. The molecule has 2 fully saturated rings. The lowest BCUT2D eigenvalue weighted by Crippen LogP contribution is -2.55. The Labute approximate surface area is 133 Å². The van der Waals surface area contributed by atoms with Crippen molar-refractivity contribution in [2.45, 2.75) is 70.1 Å². The van der Waals surface area contributed by atoms with Crippen molar-refractivity contribution < 1.29 is 9.84 Å². The molecule has 1 aromatic heterocycles. The summed E-state index contributed by atoms with van der Waals surface area (Å²) in [5.74, 6) is 1.11. The van der Waals surface area contributed by atoms with Crippen LogP contribution in [0.15, 0.2) is 6.20 Å². The van der Waals surface area contributed by atoms with Gasteiger partial charge < -0.3 is 14.8 Å². The van der Waals surface area contributed by atoms with Crippen LogP contribution < -0.4 is 0 Å². The van der Waals surface area contributed by atoms with Crippen molar-refractivity contribution in [3.63, 3.8) is 0 Å². The summed E-state index contributed by atoms with van der Waals surface area (Å²) in [7, 11) is 0. The third kappa shape index (κ3) is 3.53. The highest BCUT2D eigenvalue weighted by atomic mass is 16.5. The van der Waals surface area contributed by atoms with Crippen LogP contribution in [0.4, 0.5) is 0 Å². The number of hydrogen-bond acceptors (Lipinski definition) is 4. The van der Waals surface area contributed by atoms with Crippen molar-refractivity contribution in [1.82, 2.24) is 14.9 Å². The van der Waals surface area contributed by atoms with Gasteiger partial charge in [0.25, 0.3) is 0 Å². The Balaban J connectivity index is 1.50. The molecule has 5 nitrogen and oxygen atoms in total. The van der Waals surface area contributed by atoms with Gasteiger partial charge in [-0.15, -0.1) is 0 Å². The molecule has 0 radical (unpaired) electrons. The number of nitrogens with zero attached hydrogens (tertiary/aromatic N) is 2. The second-order valence-corrected chi connectivity index (χ2v) is 6.81. The minimum absolute atomic E-state index is 0.269. The molecule has 0 aliphatic carbocycles. The van der Waals surface area contributed by atoms with Gasteiger partial charge in [0.1, 0.15) is 5.82 Å². The molecule has 3 heterocycles. The topological polar surface area (TPSA) is 61.4 Å². The third-order valence-corrected chi connectivity index (χ3v) is 5.16. The SMILES string of the molecule is CCCCc1ncc(CN2CCC3(CC2)OCCCC3O)[nH]1. The minimum Gasteiger partial charge on any atom is -0.390 e. The minimum atomic E-state index is -0.281. The van der Waals surface area contributed by atoms with E-state index in [1.165, 1.54) is 18.5 Å². The number of likely N-dealkylation sites (tertiary alicyclic amines) is 1. The van der Waals surface area contributed by atoms with Gasteiger partial charge in [-0.2, -0.15) is 0 Å². The molecular formula is C17H29N3O2. The predicted molar refractivity (Wildman–Crippen MR) is 85.6 cm³/mol. The average molecular weight is 307 g/mol. The Morgan fingerprint density at radius 1 is 1.45 bits per heavy atom. The van der Waals surface area contributed by atoms with Gasteiger partial charge in [-0.3, -0.25) is 4.90 Å². The molecule has 0 amide bonds. The van der Waals surface area contributed by atoms with Crippen LogP contribution in [-0.2, 0) is 17.7 Å². The summed E-state index contributed by atoms with van der Waals surface area (Å²) >= 11 is 0. The Bertz CT molecular complexity index is 466. The normalized spacial score (nSPS) is 25.6. The number of aryl methyl sites for hydroxylation is 1. The van der Waals surface area contributed by atoms with Gasteiger partial charge in [0.2, 0.25) is 0 Å². The quantitative estimate of drug-likeness (QED) is 0.876.